The maximum atomic E-state index is 5.22. The second-order valence-electron chi connectivity index (χ2n) is 16.1. The highest BCUT2D eigenvalue weighted by Gasteiger charge is 2.38. The van der Waals surface area contributed by atoms with Crippen LogP contribution in [-0.4, -0.2) is 9.97 Å². The molecule has 0 unspecified atom stereocenters. The van der Waals surface area contributed by atoms with Gasteiger partial charge in [-0.2, -0.15) is 0 Å². The lowest BCUT2D eigenvalue weighted by Gasteiger charge is -2.23. The molecule has 1 aliphatic rings. The monoisotopic (exact) mass is 752 g/mol. The topological polar surface area (TPSA) is 25.8 Å². The van der Waals surface area contributed by atoms with Crippen LogP contribution in [0.4, 0.5) is 0 Å². The summed E-state index contributed by atoms with van der Waals surface area (Å²) in [4.78, 5) is 10.3. The highest BCUT2D eigenvalue weighted by Crippen LogP contribution is 2.54. The molecule has 1 heterocycles. The summed E-state index contributed by atoms with van der Waals surface area (Å²) in [5.74, 6) is 0.709. The first-order valence-corrected chi connectivity index (χ1v) is 20.4. The van der Waals surface area contributed by atoms with Gasteiger partial charge in [0.2, 0.25) is 0 Å². The smallest absolute Gasteiger partial charge is 0.160 e. The van der Waals surface area contributed by atoms with Crippen molar-refractivity contribution in [2.75, 3.05) is 0 Å². The zero-order valence-corrected chi connectivity index (χ0v) is 33.0. The van der Waals surface area contributed by atoms with E-state index in [0.717, 1.165) is 33.5 Å². The molecule has 59 heavy (non-hydrogen) atoms. The molecule has 2 nitrogen and oxygen atoms in total. The molecule has 0 saturated carbocycles. The largest absolute Gasteiger partial charge is 0.228 e. The van der Waals surface area contributed by atoms with Crippen molar-refractivity contribution >= 4 is 21.5 Å². The number of hydrogen-bond donors (Lipinski definition) is 0. The van der Waals surface area contributed by atoms with E-state index in [1.54, 1.807) is 0 Å². The third kappa shape index (κ3) is 5.87. The van der Waals surface area contributed by atoms with Crippen LogP contribution in [0, 0.1) is 0 Å². The molecule has 278 valence electrons. The van der Waals surface area contributed by atoms with E-state index in [9.17, 15) is 0 Å². The third-order valence-electron chi connectivity index (χ3n) is 12.3. The van der Waals surface area contributed by atoms with Gasteiger partial charge in [0.25, 0.3) is 0 Å². The Balaban J connectivity index is 0.991. The van der Waals surface area contributed by atoms with Crippen LogP contribution in [0.2, 0.25) is 0 Å². The predicted octanol–water partition coefficient (Wildman–Crippen LogP) is 15.1. The summed E-state index contributed by atoms with van der Waals surface area (Å²) >= 11 is 0. The number of fused-ring (bicyclic) bond motifs is 6. The van der Waals surface area contributed by atoms with E-state index < -0.39 is 0 Å². The van der Waals surface area contributed by atoms with E-state index in [1.165, 1.54) is 71.8 Å². The molecule has 10 aromatic rings. The van der Waals surface area contributed by atoms with E-state index in [1.807, 2.05) is 18.2 Å². The van der Waals surface area contributed by atoms with Crippen molar-refractivity contribution in [2.45, 2.75) is 19.3 Å². The first kappa shape index (κ1) is 34.8. The van der Waals surface area contributed by atoms with Gasteiger partial charge in [0, 0.05) is 22.1 Å². The Morgan fingerprint density at radius 3 is 1.59 bits per heavy atom. The molecule has 0 saturated heterocycles. The Morgan fingerprint density at radius 2 is 0.864 bits per heavy atom. The van der Waals surface area contributed by atoms with E-state index in [4.69, 9.17) is 9.97 Å². The Labute approximate surface area is 345 Å². The molecule has 2 heteroatoms. The molecule has 9 aromatic carbocycles. The van der Waals surface area contributed by atoms with Crippen molar-refractivity contribution in [3.63, 3.8) is 0 Å². The number of hydrogen-bond acceptors (Lipinski definition) is 2. The van der Waals surface area contributed by atoms with Gasteiger partial charge >= 0.3 is 0 Å². The van der Waals surface area contributed by atoms with E-state index in [-0.39, 0.29) is 5.41 Å². The zero-order chi connectivity index (χ0) is 39.5. The first-order chi connectivity index (χ1) is 29.0. The summed E-state index contributed by atoms with van der Waals surface area (Å²) in [6.07, 6.45) is 0. The van der Waals surface area contributed by atoms with Gasteiger partial charge in [-0.3, -0.25) is 0 Å². The van der Waals surface area contributed by atoms with Gasteiger partial charge in [-0.1, -0.05) is 214 Å². The zero-order valence-electron chi connectivity index (χ0n) is 33.0. The minimum absolute atomic E-state index is 0.0958. The molecule has 0 aliphatic heterocycles. The van der Waals surface area contributed by atoms with Crippen LogP contribution in [0.15, 0.2) is 206 Å². The average molecular weight is 753 g/mol. The number of nitrogens with zero attached hydrogens (tertiary/aromatic N) is 2. The van der Waals surface area contributed by atoms with Crippen LogP contribution in [0.25, 0.3) is 100.0 Å². The Kier molecular flexibility index (Phi) is 8.20. The van der Waals surface area contributed by atoms with Crippen molar-refractivity contribution in [1.82, 2.24) is 9.97 Å². The fourth-order valence-corrected chi connectivity index (χ4v) is 9.41. The summed E-state index contributed by atoms with van der Waals surface area (Å²) in [6.45, 7) is 4.75. The molecule has 0 spiro atoms. The summed E-state index contributed by atoms with van der Waals surface area (Å²) in [6, 6.07) is 74.2. The molecule has 0 bridgehead atoms. The Morgan fingerprint density at radius 1 is 0.339 bits per heavy atom. The van der Waals surface area contributed by atoms with Crippen molar-refractivity contribution in [3.8, 4) is 78.4 Å². The van der Waals surface area contributed by atoms with Crippen molar-refractivity contribution in [2.24, 2.45) is 0 Å². The molecule has 1 aromatic heterocycles. The quantitative estimate of drug-likeness (QED) is 0.169. The SMILES string of the molecule is CC1(C)c2cccc(-c3ccc(-c4ccc(-c5cc(-c6ccc(-c7ccccc7)cc6)nc(-c6ccccc6)n5)c5ccccc45)cc3)c2-c2ccc3ccccc3c21. The maximum absolute atomic E-state index is 5.22. The Hall–Kier alpha value is -7.42. The van der Waals surface area contributed by atoms with Crippen molar-refractivity contribution in [3.05, 3.63) is 217 Å². The second kappa shape index (κ2) is 13.9. The van der Waals surface area contributed by atoms with Gasteiger partial charge in [0.15, 0.2) is 5.82 Å². The lowest BCUT2D eigenvalue weighted by Crippen LogP contribution is -2.15. The third-order valence-corrected chi connectivity index (χ3v) is 12.3. The number of rotatable bonds is 6. The van der Waals surface area contributed by atoms with Gasteiger partial charge in [-0.05, 0) is 83.2 Å². The normalized spacial score (nSPS) is 12.7. The molecular weight excluding hydrogens is 713 g/mol. The fourth-order valence-electron chi connectivity index (χ4n) is 9.41. The van der Waals surface area contributed by atoms with Crippen LogP contribution >= 0.6 is 0 Å². The highest BCUT2D eigenvalue weighted by molar-refractivity contribution is 6.05. The Bertz CT molecular complexity index is 3200. The summed E-state index contributed by atoms with van der Waals surface area (Å²) < 4.78 is 0. The summed E-state index contributed by atoms with van der Waals surface area (Å²) in [5, 5.41) is 4.98. The van der Waals surface area contributed by atoms with Gasteiger partial charge in [0.1, 0.15) is 0 Å². The molecule has 0 amide bonds. The molecule has 0 radical (unpaired) electrons. The van der Waals surface area contributed by atoms with Crippen molar-refractivity contribution in [1.29, 1.82) is 0 Å². The van der Waals surface area contributed by atoms with Crippen molar-refractivity contribution < 1.29 is 0 Å². The van der Waals surface area contributed by atoms with Crippen LogP contribution in [0.5, 0.6) is 0 Å². The van der Waals surface area contributed by atoms with Gasteiger partial charge in [-0.25, -0.2) is 9.97 Å². The molecule has 11 rings (SSSR count). The molecule has 1 aliphatic carbocycles. The minimum Gasteiger partial charge on any atom is -0.228 e. The molecule has 0 atom stereocenters. The maximum Gasteiger partial charge on any atom is 0.160 e. The fraction of sp³-hybridized carbons (Fsp3) is 0.0526. The van der Waals surface area contributed by atoms with E-state index in [2.05, 4.69) is 202 Å². The highest BCUT2D eigenvalue weighted by atomic mass is 14.9. The van der Waals surface area contributed by atoms with Crippen LogP contribution in [-0.2, 0) is 5.41 Å². The minimum atomic E-state index is -0.0958. The predicted molar refractivity (Wildman–Crippen MR) is 247 cm³/mol. The van der Waals surface area contributed by atoms with E-state index >= 15 is 0 Å². The van der Waals surface area contributed by atoms with Gasteiger partial charge < -0.3 is 0 Å². The van der Waals surface area contributed by atoms with Gasteiger partial charge in [0.05, 0.1) is 11.4 Å². The second-order valence-corrected chi connectivity index (χ2v) is 16.1. The standard InChI is InChI=1S/C57H40N2/c1-57(2)51-23-13-22-45(54(51)50-33-32-39-16-9-10-19-46(39)55(50)57)41-28-26-40(27-29-41)44-34-35-49(48-21-12-11-20-47(44)48)53-36-52(58-56(59-53)43-17-7-4-8-18-43)42-30-24-38(25-31-42)37-14-5-3-6-15-37/h3-36H,1-2H3. The average Bonchev–Trinajstić information content (AvgIpc) is 3.55. The lowest BCUT2D eigenvalue weighted by molar-refractivity contribution is 0.666. The summed E-state index contributed by atoms with van der Waals surface area (Å²) in [5.41, 5.74) is 17.6. The number of benzene rings is 9. The lowest BCUT2D eigenvalue weighted by atomic mass is 9.80. The van der Waals surface area contributed by atoms with Crippen LogP contribution < -0.4 is 0 Å². The van der Waals surface area contributed by atoms with Crippen LogP contribution in [0.3, 0.4) is 0 Å². The molecular formula is C57H40N2. The molecule has 0 fully saturated rings. The summed E-state index contributed by atoms with van der Waals surface area (Å²) in [7, 11) is 0. The molecule has 0 N–H and O–H groups in total. The van der Waals surface area contributed by atoms with Gasteiger partial charge in [-0.15, -0.1) is 0 Å². The first-order valence-electron chi connectivity index (χ1n) is 20.4. The van der Waals surface area contributed by atoms with Crippen LogP contribution in [0.1, 0.15) is 25.0 Å². The number of aromatic nitrogens is 2. The van der Waals surface area contributed by atoms with E-state index in [0.29, 0.717) is 5.82 Å².